The van der Waals surface area contributed by atoms with Crippen LogP contribution in [0.1, 0.15) is 76.9 Å². The summed E-state index contributed by atoms with van der Waals surface area (Å²) in [4.78, 5) is 8.73. The summed E-state index contributed by atoms with van der Waals surface area (Å²) in [6.07, 6.45) is 8.55. The highest BCUT2D eigenvalue weighted by Gasteiger charge is 2.21. The van der Waals surface area contributed by atoms with Crippen LogP contribution in [0.15, 0.2) is 9.52 Å². The van der Waals surface area contributed by atoms with E-state index in [1.807, 2.05) is 7.05 Å². The lowest BCUT2D eigenvalue weighted by atomic mass is 9.83. The van der Waals surface area contributed by atoms with Crippen LogP contribution in [0, 0.1) is 5.92 Å². The van der Waals surface area contributed by atoms with E-state index < -0.39 is 0 Å². The van der Waals surface area contributed by atoms with E-state index >= 15 is 0 Å². The molecule has 0 saturated heterocycles. The van der Waals surface area contributed by atoms with Crippen LogP contribution in [-0.4, -0.2) is 35.7 Å². The fraction of sp³-hybridized carbons (Fsp3) is 0.833. The Kier molecular flexibility index (Phi) is 7.53. The normalized spacial score (nSPS) is 22.0. The Balaban J connectivity index is 1.69. The molecule has 2 rings (SSSR count). The lowest BCUT2D eigenvalue weighted by Crippen LogP contribution is -2.45. The predicted molar refractivity (Wildman–Crippen MR) is 97.2 cm³/mol. The van der Waals surface area contributed by atoms with E-state index in [0.717, 1.165) is 24.2 Å². The Morgan fingerprint density at radius 1 is 1.29 bits per heavy atom. The Hall–Kier alpha value is -1.59. The molecule has 0 spiro atoms. The van der Waals surface area contributed by atoms with Crippen molar-refractivity contribution in [3.63, 3.8) is 0 Å². The molecule has 24 heavy (non-hydrogen) atoms. The van der Waals surface area contributed by atoms with Gasteiger partial charge in [-0.05, 0) is 31.6 Å². The van der Waals surface area contributed by atoms with Crippen LogP contribution in [0.25, 0.3) is 0 Å². The Bertz CT molecular complexity index is 503. The van der Waals surface area contributed by atoms with Crippen molar-refractivity contribution in [3.8, 4) is 0 Å². The topological polar surface area (TPSA) is 75.3 Å². The van der Waals surface area contributed by atoms with E-state index in [1.54, 1.807) is 0 Å². The molecular formula is C18H33N5O. The van der Waals surface area contributed by atoms with Crippen molar-refractivity contribution in [3.05, 3.63) is 11.7 Å². The summed E-state index contributed by atoms with van der Waals surface area (Å²) >= 11 is 0. The van der Waals surface area contributed by atoms with Crippen molar-refractivity contribution in [2.45, 2.75) is 77.7 Å². The molecule has 1 fully saturated rings. The Morgan fingerprint density at radius 2 is 2.04 bits per heavy atom. The van der Waals surface area contributed by atoms with Gasteiger partial charge in [0.2, 0.25) is 5.89 Å². The summed E-state index contributed by atoms with van der Waals surface area (Å²) < 4.78 is 5.26. The Morgan fingerprint density at radius 3 is 2.62 bits per heavy atom. The highest BCUT2D eigenvalue weighted by molar-refractivity contribution is 5.79. The second kappa shape index (κ2) is 9.64. The second-order valence-corrected chi connectivity index (χ2v) is 7.10. The van der Waals surface area contributed by atoms with Crippen LogP contribution in [-0.2, 0) is 6.42 Å². The van der Waals surface area contributed by atoms with Gasteiger partial charge in [-0.1, -0.05) is 38.8 Å². The largest absolute Gasteiger partial charge is 0.356 e. The first-order chi connectivity index (χ1) is 11.6. The highest BCUT2D eigenvalue weighted by Crippen LogP contribution is 2.27. The molecule has 6 heteroatoms. The van der Waals surface area contributed by atoms with E-state index in [2.05, 4.69) is 46.5 Å². The molecule has 1 aromatic heterocycles. The molecule has 1 aliphatic carbocycles. The summed E-state index contributed by atoms with van der Waals surface area (Å²) in [7, 11) is 1.82. The van der Waals surface area contributed by atoms with Gasteiger partial charge < -0.3 is 15.2 Å². The molecule has 2 N–H and O–H groups in total. The standard InChI is InChI=1S/C18H33N5O/c1-5-6-14-7-9-15(10-8-14)21-18(19-4)20-12-11-16-22-17(13(2)3)23-24-16/h13-15H,5-12H2,1-4H3,(H2,19,20,21). The van der Waals surface area contributed by atoms with Gasteiger partial charge in [0.25, 0.3) is 0 Å². The first-order valence-corrected chi connectivity index (χ1v) is 9.42. The molecule has 1 aliphatic rings. The van der Waals surface area contributed by atoms with Crippen LogP contribution in [0.3, 0.4) is 0 Å². The number of hydrogen-bond acceptors (Lipinski definition) is 4. The van der Waals surface area contributed by atoms with E-state index in [9.17, 15) is 0 Å². The van der Waals surface area contributed by atoms with Crippen LogP contribution in [0.2, 0.25) is 0 Å². The van der Waals surface area contributed by atoms with Crippen molar-refractivity contribution in [1.82, 2.24) is 20.8 Å². The smallest absolute Gasteiger partial charge is 0.228 e. The molecule has 0 unspecified atom stereocenters. The van der Waals surface area contributed by atoms with Crippen LogP contribution < -0.4 is 10.6 Å². The first-order valence-electron chi connectivity index (χ1n) is 9.42. The van der Waals surface area contributed by atoms with Crippen molar-refractivity contribution in [2.24, 2.45) is 10.9 Å². The van der Waals surface area contributed by atoms with Crippen LogP contribution >= 0.6 is 0 Å². The van der Waals surface area contributed by atoms with E-state index in [1.165, 1.54) is 38.5 Å². The quantitative estimate of drug-likeness (QED) is 0.591. The summed E-state index contributed by atoms with van der Waals surface area (Å²) in [5.74, 6) is 3.55. The first kappa shape index (κ1) is 18.7. The maximum absolute atomic E-state index is 5.26. The third kappa shape index (κ3) is 5.80. The highest BCUT2D eigenvalue weighted by atomic mass is 16.5. The number of aliphatic imine (C=N–C) groups is 1. The number of nitrogens with one attached hydrogen (secondary N) is 2. The lowest BCUT2D eigenvalue weighted by molar-refractivity contribution is 0.295. The van der Waals surface area contributed by atoms with Gasteiger partial charge in [-0.2, -0.15) is 4.98 Å². The van der Waals surface area contributed by atoms with E-state index in [0.29, 0.717) is 24.3 Å². The lowest BCUT2D eigenvalue weighted by Gasteiger charge is -2.30. The maximum atomic E-state index is 5.26. The van der Waals surface area contributed by atoms with Gasteiger partial charge in [0.1, 0.15) is 0 Å². The number of nitrogens with zero attached hydrogens (tertiary/aromatic N) is 3. The third-order valence-corrected chi connectivity index (χ3v) is 4.74. The summed E-state index contributed by atoms with van der Waals surface area (Å²) in [5.41, 5.74) is 0. The Labute approximate surface area is 145 Å². The van der Waals surface area contributed by atoms with Gasteiger partial charge in [0.05, 0.1) is 0 Å². The monoisotopic (exact) mass is 335 g/mol. The van der Waals surface area contributed by atoms with Crippen molar-refractivity contribution in [2.75, 3.05) is 13.6 Å². The molecule has 1 saturated carbocycles. The van der Waals surface area contributed by atoms with Gasteiger partial charge in [0, 0.05) is 32.0 Å². The van der Waals surface area contributed by atoms with Crippen LogP contribution in [0.5, 0.6) is 0 Å². The average molecular weight is 335 g/mol. The minimum absolute atomic E-state index is 0.299. The fourth-order valence-electron chi connectivity index (χ4n) is 3.28. The van der Waals surface area contributed by atoms with Crippen LogP contribution in [0.4, 0.5) is 0 Å². The van der Waals surface area contributed by atoms with Crippen molar-refractivity contribution >= 4 is 5.96 Å². The van der Waals surface area contributed by atoms with Gasteiger partial charge in [-0.3, -0.25) is 4.99 Å². The number of rotatable bonds is 7. The molecule has 136 valence electrons. The summed E-state index contributed by atoms with van der Waals surface area (Å²) in [5, 5.41) is 10.9. The van der Waals surface area contributed by atoms with E-state index in [4.69, 9.17) is 4.52 Å². The summed E-state index contributed by atoms with van der Waals surface area (Å²) in [6.45, 7) is 7.15. The van der Waals surface area contributed by atoms with Crippen molar-refractivity contribution < 1.29 is 4.52 Å². The number of hydrogen-bond donors (Lipinski definition) is 2. The molecule has 0 bridgehead atoms. The zero-order chi connectivity index (χ0) is 17.4. The zero-order valence-corrected chi connectivity index (χ0v) is 15.6. The fourth-order valence-corrected chi connectivity index (χ4v) is 3.28. The molecule has 1 heterocycles. The maximum Gasteiger partial charge on any atom is 0.228 e. The molecule has 0 radical (unpaired) electrons. The van der Waals surface area contributed by atoms with Crippen molar-refractivity contribution in [1.29, 1.82) is 0 Å². The molecule has 0 aromatic carbocycles. The minimum Gasteiger partial charge on any atom is -0.356 e. The second-order valence-electron chi connectivity index (χ2n) is 7.10. The SMILES string of the molecule is CCCC1CCC(NC(=NC)NCCc2nc(C(C)C)no2)CC1. The molecule has 6 nitrogen and oxygen atoms in total. The van der Waals surface area contributed by atoms with Gasteiger partial charge >= 0.3 is 0 Å². The molecule has 0 atom stereocenters. The number of guanidine groups is 1. The van der Waals surface area contributed by atoms with Gasteiger partial charge in [-0.25, -0.2) is 0 Å². The zero-order valence-electron chi connectivity index (χ0n) is 15.6. The molecule has 0 amide bonds. The molecule has 0 aliphatic heterocycles. The van der Waals surface area contributed by atoms with Gasteiger partial charge in [-0.15, -0.1) is 0 Å². The van der Waals surface area contributed by atoms with Gasteiger partial charge in [0.15, 0.2) is 11.8 Å². The van der Waals surface area contributed by atoms with E-state index in [-0.39, 0.29) is 0 Å². The summed E-state index contributed by atoms with van der Waals surface area (Å²) in [6, 6.07) is 0.542. The molecular weight excluding hydrogens is 302 g/mol. The third-order valence-electron chi connectivity index (χ3n) is 4.74. The predicted octanol–water partition coefficient (Wildman–Crippen LogP) is 3.26. The minimum atomic E-state index is 0.299. The number of aromatic nitrogens is 2. The average Bonchev–Trinajstić information content (AvgIpc) is 3.05. The molecule has 1 aromatic rings.